The summed E-state index contributed by atoms with van der Waals surface area (Å²) >= 11 is 0. The minimum Gasteiger partial charge on any atom is -0.464 e. The van der Waals surface area contributed by atoms with Crippen molar-refractivity contribution in [1.29, 1.82) is 0 Å². The van der Waals surface area contributed by atoms with Gasteiger partial charge in [0.15, 0.2) is 5.43 Å². The molecule has 0 bridgehead atoms. The lowest BCUT2D eigenvalue weighted by atomic mass is 9.94. The molecule has 0 unspecified atom stereocenters. The molecule has 0 fully saturated rings. The molecule has 0 atom stereocenters. The molecule has 0 saturated carbocycles. The van der Waals surface area contributed by atoms with Crippen LogP contribution in [-0.4, -0.2) is 48.4 Å². The minimum atomic E-state index is -0.643. The molecule has 3 rings (SSSR count). The van der Waals surface area contributed by atoms with E-state index in [9.17, 15) is 14.4 Å². The summed E-state index contributed by atoms with van der Waals surface area (Å²) in [6.45, 7) is 8.27. The van der Waals surface area contributed by atoms with Crippen LogP contribution in [0, 0.1) is 12.3 Å². The zero-order valence-corrected chi connectivity index (χ0v) is 21.2. The van der Waals surface area contributed by atoms with Gasteiger partial charge >= 0.3 is 0 Å². The Hall–Kier alpha value is -3.45. The Morgan fingerprint density at radius 3 is 2.37 bits per heavy atom. The highest BCUT2D eigenvalue weighted by Crippen LogP contribution is 2.19. The highest BCUT2D eigenvalue weighted by molar-refractivity contribution is 5.87. The summed E-state index contributed by atoms with van der Waals surface area (Å²) in [6.07, 6.45) is 1.42. The quantitative estimate of drug-likeness (QED) is 0.462. The second-order valence-corrected chi connectivity index (χ2v) is 9.79. The summed E-state index contributed by atoms with van der Waals surface area (Å²) in [5.74, 6) is -0.394. The van der Waals surface area contributed by atoms with Gasteiger partial charge in [-0.1, -0.05) is 62.7 Å². The molecular formula is C28H34N2O5. The van der Waals surface area contributed by atoms with Gasteiger partial charge in [0.05, 0.1) is 36.9 Å². The van der Waals surface area contributed by atoms with E-state index in [2.05, 4.69) is 0 Å². The first-order chi connectivity index (χ1) is 16.6. The standard InChI is InChI=1S/C28H34N2O5/c1-20-11-12-24-23(15-20)26(32)22(19-35-24)17-30(16-21-9-7-6-8-10-21)25(31)18-29(13-14-34-5)27(33)28(2,3)4/h6-12,15,19H,13-14,16-18H2,1-5H3. The number of carbonyl (C=O) groups is 2. The minimum absolute atomic E-state index is 0.0712. The predicted molar refractivity (Wildman–Crippen MR) is 136 cm³/mol. The normalized spacial score (nSPS) is 11.5. The van der Waals surface area contributed by atoms with E-state index in [0.717, 1.165) is 11.1 Å². The van der Waals surface area contributed by atoms with Crippen LogP contribution in [0.5, 0.6) is 0 Å². The van der Waals surface area contributed by atoms with Gasteiger partial charge in [-0.05, 0) is 24.6 Å². The third kappa shape index (κ3) is 6.79. The van der Waals surface area contributed by atoms with Crippen LogP contribution in [0.15, 0.2) is 64.0 Å². The molecule has 0 saturated heterocycles. The predicted octanol–water partition coefficient (Wildman–Crippen LogP) is 4.15. The molecule has 1 aromatic heterocycles. The fourth-order valence-electron chi connectivity index (χ4n) is 3.83. The van der Waals surface area contributed by atoms with Crippen molar-refractivity contribution in [3.63, 3.8) is 0 Å². The number of aryl methyl sites for hydroxylation is 1. The van der Waals surface area contributed by atoms with E-state index in [1.807, 2.05) is 64.1 Å². The lowest BCUT2D eigenvalue weighted by molar-refractivity contribution is -0.146. The van der Waals surface area contributed by atoms with Crippen molar-refractivity contribution >= 4 is 22.8 Å². The van der Waals surface area contributed by atoms with Gasteiger partial charge in [-0.3, -0.25) is 14.4 Å². The first-order valence-electron chi connectivity index (χ1n) is 11.7. The monoisotopic (exact) mass is 478 g/mol. The molecule has 0 aliphatic rings. The van der Waals surface area contributed by atoms with Crippen LogP contribution in [0.25, 0.3) is 11.0 Å². The summed E-state index contributed by atoms with van der Waals surface area (Å²) < 4.78 is 10.9. The fraction of sp³-hybridized carbons (Fsp3) is 0.393. The van der Waals surface area contributed by atoms with E-state index in [1.54, 1.807) is 24.1 Å². The van der Waals surface area contributed by atoms with Crippen LogP contribution < -0.4 is 5.43 Å². The maximum absolute atomic E-state index is 13.5. The Morgan fingerprint density at radius 2 is 1.71 bits per heavy atom. The molecule has 7 nitrogen and oxygen atoms in total. The Labute approximate surface area is 206 Å². The number of methoxy groups -OCH3 is 1. The number of carbonyl (C=O) groups excluding carboxylic acids is 2. The van der Waals surface area contributed by atoms with Crippen molar-refractivity contribution in [2.24, 2.45) is 5.41 Å². The van der Waals surface area contributed by atoms with Crippen LogP contribution in [0.4, 0.5) is 0 Å². The maximum atomic E-state index is 13.5. The number of nitrogens with zero attached hydrogens (tertiary/aromatic N) is 2. The van der Waals surface area contributed by atoms with E-state index < -0.39 is 5.41 Å². The topological polar surface area (TPSA) is 80.1 Å². The van der Waals surface area contributed by atoms with E-state index >= 15 is 0 Å². The van der Waals surface area contributed by atoms with Crippen molar-refractivity contribution in [2.45, 2.75) is 40.8 Å². The Kier molecular flexibility index (Phi) is 8.46. The second-order valence-electron chi connectivity index (χ2n) is 9.79. The van der Waals surface area contributed by atoms with Crippen LogP contribution in [0.1, 0.15) is 37.5 Å². The molecule has 0 radical (unpaired) electrons. The van der Waals surface area contributed by atoms with Crippen LogP contribution in [0.3, 0.4) is 0 Å². The van der Waals surface area contributed by atoms with Gasteiger partial charge < -0.3 is 19.0 Å². The molecule has 35 heavy (non-hydrogen) atoms. The molecule has 0 aliphatic carbocycles. The number of ether oxygens (including phenoxy) is 1. The van der Waals surface area contributed by atoms with Crippen molar-refractivity contribution in [1.82, 2.24) is 9.80 Å². The van der Waals surface area contributed by atoms with Crippen molar-refractivity contribution in [3.05, 3.63) is 81.7 Å². The second kappa shape index (κ2) is 11.3. The SMILES string of the molecule is COCCN(CC(=O)N(Cc1ccccc1)Cc1coc2ccc(C)cc2c1=O)C(=O)C(C)(C)C. The third-order valence-electron chi connectivity index (χ3n) is 5.75. The summed E-state index contributed by atoms with van der Waals surface area (Å²) in [5.41, 5.74) is 1.96. The molecule has 0 aliphatic heterocycles. The zero-order valence-electron chi connectivity index (χ0n) is 21.2. The van der Waals surface area contributed by atoms with E-state index in [0.29, 0.717) is 36.2 Å². The molecule has 186 valence electrons. The molecule has 0 N–H and O–H groups in total. The molecule has 7 heteroatoms. The lowest BCUT2D eigenvalue weighted by Gasteiger charge is -2.31. The zero-order chi connectivity index (χ0) is 25.6. The largest absolute Gasteiger partial charge is 0.464 e. The molecule has 0 spiro atoms. The van der Waals surface area contributed by atoms with Gasteiger partial charge in [0, 0.05) is 25.6 Å². The van der Waals surface area contributed by atoms with Gasteiger partial charge in [-0.2, -0.15) is 0 Å². The smallest absolute Gasteiger partial charge is 0.242 e. The molecule has 1 heterocycles. The summed E-state index contributed by atoms with van der Waals surface area (Å²) in [6, 6.07) is 15.0. The van der Waals surface area contributed by atoms with Crippen molar-refractivity contribution in [3.8, 4) is 0 Å². The molecule has 2 amide bonds. The molecular weight excluding hydrogens is 444 g/mol. The Bertz CT molecular complexity index is 1230. The highest BCUT2D eigenvalue weighted by Gasteiger charge is 2.30. The molecule has 2 aromatic carbocycles. The number of benzene rings is 2. The average Bonchev–Trinajstić information content (AvgIpc) is 2.82. The maximum Gasteiger partial charge on any atom is 0.242 e. The van der Waals surface area contributed by atoms with Gasteiger partial charge in [-0.15, -0.1) is 0 Å². The number of rotatable bonds is 9. The van der Waals surface area contributed by atoms with E-state index in [1.165, 1.54) is 11.2 Å². The van der Waals surface area contributed by atoms with Gasteiger partial charge in [0.25, 0.3) is 0 Å². The van der Waals surface area contributed by atoms with Crippen molar-refractivity contribution in [2.75, 3.05) is 26.8 Å². The Morgan fingerprint density at radius 1 is 1.00 bits per heavy atom. The third-order valence-corrected chi connectivity index (χ3v) is 5.75. The summed E-state index contributed by atoms with van der Waals surface area (Å²) in [4.78, 5) is 42.9. The van der Waals surface area contributed by atoms with E-state index in [4.69, 9.17) is 9.15 Å². The fourth-order valence-corrected chi connectivity index (χ4v) is 3.83. The summed E-state index contributed by atoms with van der Waals surface area (Å²) in [5, 5.41) is 0.485. The van der Waals surface area contributed by atoms with Crippen molar-refractivity contribution < 1.29 is 18.7 Å². The number of amides is 2. The van der Waals surface area contributed by atoms with Gasteiger partial charge in [0.1, 0.15) is 5.58 Å². The summed E-state index contributed by atoms with van der Waals surface area (Å²) in [7, 11) is 1.56. The highest BCUT2D eigenvalue weighted by atomic mass is 16.5. The first kappa shape index (κ1) is 26.2. The molecule has 3 aromatic rings. The van der Waals surface area contributed by atoms with Crippen LogP contribution in [0.2, 0.25) is 0 Å². The van der Waals surface area contributed by atoms with Crippen LogP contribution >= 0.6 is 0 Å². The van der Waals surface area contributed by atoms with Gasteiger partial charge in [0.2, 0.25) is 11.8 Å². The average molecular weight is 479 g/mol. The first-order valence-corrected chi connectivity index (χ1v) is 11.7. The Balaban J connectivity index is 1.92. The number of fused-ring (bicyclic) bond motifs is 1. The number of hydrogen-bond acceptors (Lipinski definition) is 5. The van der Waals surface area contributed by atoms with Crippen LogP contribution in [-0.2, 0) is 27.4 Å². The van der Waals surface area contributed by atoms with E-state index in [-0.39, 0.29) is 30.3 Å². The number of hydrogen-bond donors (Lipinski definition) is 0. The van der Waals surface area contributed by atoms with Gasteiger partial charge in [-0.25, -0.2) is 0 Å². The lowest BCUT2D eigenvalue weighted by Crippen LogP contribution is -2.47.